The van der Waals surface area contributed by atoms with Crippen LogP contribution in [0.25, 0.3) is 22.3 Å². The van der Waals surface area contributed by atoms with Crippen molar-refractivity contribution < 1.29 is 0 Å². The fourth-order valence-corrected chi connectivity index (χ4v) is 3.96. The highest BCUT2D eigenvalue weighted by atomic mass is 15.1. The number of hydrogen-bond donors (Lipinski definition) is 2. The van der Waals surface area contributed by atoms with Crippen LogP contribution in [0.1, 0.15) is 30.8 Å². The third-order valence-electron chi connectivity index (χ3n) is 5.91. The summed E-state index contributed by atoms with van der Waals surface area (Å²) in [6.07, 6.45) is 8.97. The Bertz CT molecular complexity index is 1260. The van der Waals surface area contributed by atoms with Crippen LogP contribution in [-0.2, 0) is 7.05 Å². The van der Waals surface area contributed by atoms with Crippen LogP contribution in [0.5, 0.6) is 0 Å². The maximum absolute atomic E-state index is 6.39. The number of aliphatic imine (C=N–C) groups is 2. The van der Waals surface area contributed by atoms with E-state index in [2.05, 4.69) is 58.5 Å². The van der Waals surface area contributed by atoms with Crippen molar-refractivity contribution >= 4 is 11.7 Å². The number of imidazole rings is 1. The van der Waals surface area contributed by atoms with Crippen LogP contribution in [0.4, 0.5) is 0 Å². The molecule has 6 heteroatoms. The van der Waals surface area contributed by atoms with E-state index in [4.69, 9.17) is 15.7 Å². The number of H-pyrrole nitrogens is 1. The molecule has 1 saturated carbocycles. The molecular weight excluding hydrogens is 396 g/mol. The fraction of sp³-hybridized carbons (Fsp3) is 0.192. The minimum absolute atomic E-state index is 0.273. The van der Waals surface area contributed by atoms with Gasteiger partial charge in [-0.25, -0.2) is 9.98 Å². The maximum Gasteiger partial charge on any atom is 0.175 e. The number of aromatic nitrogens is 3. The van der Waals surface area contributed by atoms with Crippen molar-refractivity contribution in [2.75, 3.05) is 0 Å². The van der Waals surface area contributed by atoms with Crippen LogP contribution in [0, 0.1) is 0 Å². The molecule has 0 amide bonds. The first-order valence-electron chi connectivity index (χ1n) is 10.9. The van der Waals surface area contributed by atoms with Crippen LogP contribution in [-0.4, -0.2) is 32.2 Å². The molecule has 0 radical (unpaired) electrons. The molecule has 1 aliphatic carbocycles. The highest BCUT2D eigenvalue weighted by molar-refractivity contribution is 6.13. The van der Waals surface area contributed by atoms with Crippen LogP contribution < -0.4 is 5.73 Å². The average Bonchev–Trinajstić information content (AvgIpc) is 3.43. The van der Waals surface area contributed by atoms with Crippen molar-refractivity contribution in [2.24, 2.45) is 22.8 Å². The number of nitrogens with two attached hydrogens (primary N) is 1. The SMILES string of the molecule is Cn1ccnc1C(N)=NC(=NC1CCC1)c1[nH]cc(-c2ccccc2)c1-c1ccccc1. The summed E-state index contributed by atoms with van der Waals surface area (Å²) < 4.78 is 1.86. The molecule has 0 bridgehead atoms. The summed E-state index contributed by atoms with van der Waals surface area (Å²) in [5.74, 6) is 1.60. The zero-order valence-corrected chi connectivity index (χ0v) is 18.1. The summed E-state index contributed by atoms with van der Waals surface area (Å²) >= 11 is 0. The Morgan fingerprint density at radius 2 is 1.72 bits per heavy atom. The van der Waals surface area contributed by atoms with E-state index in [1.165, 1.54) is 6.42 Å². The highest BCUT2D eigenvalue weighted by Gasteiger charge is 2.23. The van der Waals surface area contributed by atoms with Crippen LogP contribution >= 0.6 is 0 Å². The highest BCUT2D eigenvalue weighted by Crippen LogP contribution is 2.36. The minimum atomic E-state index is 0.273. The predicted octanol–water partition coefficient (Wildman–Crippen LogP) is 4.79. The van der Waals surface area contributed by atoms with Crippen LogP contribution in [0.3, 0.4) is 0 Å². The molecule has 0 unspecified atom stereocenters. The Morgan fingerprint density at radius 3 is 2.31 bits per heavy atom. The number of aromatic amines is 1. The molecule has 1 aliphatic rings. The quantitative estimate of drug-likeness (QED) is 0.358. The molecule has 2 aromatic heterocycles. The van der Waals surface area contributed by atoms with Crippen molar-refractivity contribution in [2.45, 2.75) is 25.3 Å². The lowest BCUT2D eigenvalue weighted by Gasteiger charge is -2.21. The van der Waals surface area contributed by atoms with Crippen molar-refractivity contribution in [3.8, 4) is 22.3 Å². The van der Waals surface area contributed by atoms with E-state index in [1.807, 2.05) is 36.1 Å². The van der Waals surface area contributed by atoms with Crippen molar-refractivity contribution in [1.82, 2.24) is 14.5 Å². The van der Waals surface area contributed by atoms with Gasteiger partial charge in [-0.2, -0.15) is 0 Å². The molecule has 1 fully saturated rings. The first kappa shape index (κ1) is 20.0. The summed E-state index contributed by atoms with van der Waals surface area (Å²) in [6, 6.07) is 21.0. The topological polar surface area (TPSA) is 84.3 Å². The Hall–Kier alpha value is -3.93. The number of hydrogen-bond acceptors (Lipinski definition) is 2. The summed E-state index contributed by atoms with van der Waals surface area (Å²) in [4.78, 5) is 17.6. The Morgan fingerprint density at radius 1 is 1.03 bits per heavy atom. The molecule has 0 aliphatic heterocycles. The lowest BCUT2D eigenvalue weighted by molar-refractivity contribution is 0.420. The van der Waals surface area contributed by atoms with Gasteiger partial charge in [0.2, 0.25) is 0 Å². The van der Waals surface area contributed by atoms with Gasteiger partial charge in [0.1, 0.15) is 0 Å². The largest absolute Gasteiger partial charge is 0.381 e. The van der Waals surface area contributed by atoms with Gasteiger partial charge in [-0.15, -0.1) is 0 Å². The first-order chi connectivity index (χ1) is 15.7. The zero-order chi connectivity index (χ0) is 21.9. The van der Waals surface area contributed by atoms with Gasteiger partial charge in [0, 0.05) is 36.8 Å². The lowest BCUT2D eigenvalue weighted by atomic mass is 9.93. The van der Waals surface area contributed by atoms with Crippen LogP contribution in [0.15, 0.2) is 89.2 Å². The number of nitrogens with zero attached hydrogens (tertiary/aromatic N) is 4. The number of rotatable bonds is 5. The molecule has 0 saturated heterocycles. The molecule has 4 aromatic rings. The summed E-state index contributed by atoms with van der Waals surface area (Å²) in [7, 11) is 1.91. The molecule has 5 rings (SSSR count). The van der Waals surface area contributed by atoms with Gasteiger partial charge in [-0.05, 0) is 30.4 Å². The molecule has 6 nitrogen and oxygen atoms in total. The summed E-state index contributed by atoms with van der Waals surface area (Å²) in [5.41, 5.74) is 11.7. The van der Waals surface area contributed by atoms with E-state index < -0.39 is 0 Å². The second-order valence-corrected chi connectivity index (χ2v) is 8.08. The molecule has 2 heterocycles. The van der Waals surface area contributed by atoms with Gasteiger partial charge >= 0.3 is 0 Å². The number of benzene rings is 2. The average molecular weight is 423 g/mol. The second-order valence-electron chi connectivity index (χ2n) is 8.08. The predicted molar refractivity (Wildman–Crippen MR) is 130 cm³/mol. The van der Waals surface area contributed by atoms with Crippen molar-refractivity contribution in [1.29, 1.82) is 0 Å². The normalized spacial score (nSPS) is 15.0. The number of amidine groups is 2. The van der Waals surface area contributed by atoms with Gasteiger partial charge in [0.15, 0.2) is 17.5 Å². The first-order valence-corrected chi connectivity index (χ1v) is 10.9. The van der Waals surface area contributed by atoms with Crippen LogP contribution in [0.2, 0.25) is 0 Å². The molecule has 3 N–H and O–H groups in total. The fourth-order valence-electron chi connectivity index (χ4n) is 3.96. The molecule has 0 atom stereocenters. The molecule has 2 aromatic carbocycles. The molecular formula is C26H26N6. The summed E-state index contributed by atoms with van der Waals surface area (Å²) in [6.45, 7) is 0. The van der Waals surface area contributed by atoms with Gasteiger partial charge < -0.3 is 15.3 Å². The summed E-state index contributed by atoms with van der Waals surface area (Å²) in [5, 5.41) is 0. The maximum atomic E-state index is 6.39. The van der Waals surface area contributed by atoms with E-state index >= 15 is 0 Å². The van der Waals surface area contributed by atoms with E-state index in [9.17, 15) is 0 Å². The smallest absolute Gasteiger partial charge is 0.175 e. The third kappa shape index (κ3) is 3.87. The Labute approximate surface area is 187 Å². The molecule has 0 spiro atoms. The second kappa shape index (κ2) is 8.67. The molecule has 32 heavy (non-hydrogen) atoms. The van der Waals surface area contributed by atoms with E-state index in [0.29, 0.717) is 17.5 Å². The third-order valence-corrected chi connectivity index (χ3v) is 5.91. The van der Waals surface area contributed by atoms with E-state index in [-0.39, 0.29) is 6.04 Å². The van der Waals surface area contributed by atoms with Gasteiger partial charge in [-0.1, -0.05) is 60.7 Å². The standard InChI is InChI=1S/C26H26N6/c1-32-16-15-28-26(32)24(27)31-25(30-20-13-8-14-20)23-22(19-11-6-3-7-12-19)21(17-29-23)18-9-4-2-5-10-18/h2-7,9-12,15-17,20,29H,8,13-14H2,1H3,(H2,27,30,31). The lowest BCUT2D eigenvalue weighted by Crippen LogP contribution is -2.23. The van der Waals surface area contributed by atoms with Crippen molar-refractivity contribution in [3.63, 3.8) is 0 Å². The van der Waals surface area contributed by atoms with E-state index in [1.54, 1.807) is 6.20 Å². The minimum Gasteiger partial charge on any atom is -0.381 e. The Kier molecular flexibility index (Phi) is 5.42. The number of aryl methyl sites for hydroxylation is 1. The zero-order valence-electron chi connectivity index (χ0n) is 18.1. The van der Waals surface area contributed by atoms with Gasteiger partial charge in [-0.3, -0.25) is 4.99 Å². The monoisotopic (exact) mass is 422 g/mol. The van der Waals surface area contributed by atoms with Crippen molar-refractivity contribution in [3.05, 3.63) is 90.8 Å². The van der Waals surface area contributed by atoms with E-state index in [0.717, 1.165) is 40.8 Å². The van der Waals surface area contributed by atoms with Gasteiger partial charge in [0.05, 0.1) is 11.7 Å². The molecule has 160 valence electrons. The Balaban J connectivity index is 1.69. The number of nitrogens with one attached hydrogen (secondary N) is 1. The van der Waals surface area contributed by atoms with Gasteiger partial charge in [0.25, 0.3) is 0 Å².